The van der Waals surface area contributed by atoms with E-state index >= 15 is 0 Å². The molecule has 0 amide bonds. The molecule has 1 aromatic carbocycles. The molecule has 0 aromatic heterocycles. The lowest BCUT2D eigenvalue weighted by atomic mass is 10.1. The van der Waals surface area contributed by atoms with Crippen LogP contribution in [-0.4, -0.2) is 11.7 Å². The number of alkyl halides is 3. The Morgan fingerprint density at radius 3 is 2.56 bits per heavy atom. The van der Waals surface area contributed by atoms with Gasteiger partial charge in [0.1, 0.15) is 5.54 Å². The van der Waals surface area contributed by atoms with Crippen LogP contribution in [0.1, 0.15) is 29.5 Å². The molecule has 1 fully saturated rings. The van der Waals surface area contributed by atoms with Crippen molar-refractivity contribution in [3.63, 3.8) is 0 Å². The minimum Gasteiger partial charge on any atom is -0.309 e. The molecule has 0 radical (unpaired) electrons. The van der Waals surface area contributed by atoms with Crippen molar-refractivity contribution in [2.24, 2.45) is 0 Å². The van der Waals surface area contributed by atoms with Gasteiger partial charge in [0, 0.05) is 19.6 Å². The third-order valence-corrected chi connectivity index (χ3v) is 3.83. The minimum absolute atomic E-state index is 0.197. The number of hydrogen-bond acceptors (Lipinski definition) is 2. The number of nitrogens with one attached hydrogen (secondary N) is 2. The molecule has 1 saturated carbocycles. The lowest BCUT2D eigenvalue weighted by Gasteiger charge is -2.20. The normalized spacial score (nSPS) is 20.8. The van der Waals surface area contributed by atoms with Crippen LogP contribution in [0.5, 0.6) is 0 Å². The number of rotatable bonds is 3. The van der Waals surface area contributed by atoms with Crippen LogP contribution in [0.25, 0.3) is 0 Å². The topological polar surface area (TPSA) is 24.1 Å². The van der Waals surface area contributed by atoms with E-state index in [1.54, 1.807) is 0 Å². The van der Waals surface area contributed by atoms with E-state index in [0.717, 1.165) is 18.7 Å². The maximum atomic E-state index is 12.7. The van der Waals surface area contributed by atoms with Crippen molar-refractivity contribution >= 4 is 0 Å². The maximum absolute atomic E-state index is 12.7. The molecule has 0 saturated heterocycles. The molecule has 1 aliphatic carbocycles. The lowest BCUT2D eigenvalue weighted by molar-refractivity contribution is -0.166. The van der Waals surface area contributed by atoms with Crippen molar-refractivity contribution in [2.45, 2.75) is 44.2 Å². The zero-order valence-corrected chi connectivity index (χ0v) is 9.90. The Morgan fingerprint density at radius 2 is 1.89 bits per heavy atom. The van der Waals surface area contributed by atoms with Gasteiger partial charge in [-0.25, -0.2) is 0 Å². The largest absolute Gasteiger partial charge is 0.406 e. The molecule has 2 N–H and O–H groups in total. The van der Waals surface area contributed by atoms with Gasteiger partial charge in [0.15, 0.2) is 0 Å². The first kappa shape index (κ1) is 12.0. The van der Waals surface area contributed by atoms with E-state index in [4.69, 9.17) is 0 Å². The van der Waals surface area contributed by atoms with Gasteiger partial charge in [-0.3, -0.25) is 5.32 Å². The van der Waals surface area contributed by atoms with Crippen LogP contribution >= 0.6 is 0 Å². The number of fused-ring (bicyclic) bond motifs is 1. The average Bonchev–Trinajstić information content (AvgIpc) is 2.98. The smallest absolute Gasteiger partial charge is 0.309 e. The summed E-state index contributed by atoms with van der Waals surface area (Å²) in [5.74, 6) is 0. The molecule has 1 aromatic rings. The first-order valence-electron chi connectivity index (χ1n) is 6.13. The Labute approximate surface area is 104 Å². The summed E-state index contributed by atoms with van der Waals surface area (Å²) < 4.78 is 38.2. The summed E-state index contributed by atoms with van der Waals surface area (Å²) in [5, 5.41) is 5.90. The molecule has 0 atom stereocenters. The van der Waals surface area contributed by atoms with E-state index in [1.807, 2.05) is 18.2 Å². The zero-order valence-electron chi connectivity index (χ0n) is 9.90. The third-order valence-electron chi connectivity index (χ3n) is 3.83. The number of halogens is 3. The molecule has 2 aliphatic rings. The Balaban J connectivity index is 1.68. The number of benzene rings is 1. The fourth-order valence-corrected chi connectivity index (χ4v) is 2.41. The number of hydrogen-bond donors (Lipinski definition) is 2. The summed E-state index contributed by atoms with van der Waals surface area (Å²) in [6, 6.07) is 5.90. The first-order chi connectivity index (χ1) is 8.50. The van der Waals surface area contributed by atoms with Gasteiger partial charge in [-0.1, -0.05) is 18.2 Å². The van der Waals surface area contributed by atoms with Crippen molar-refractivity contribution in [1.29, 1.82) is 0 Å². The van der Waals surface area contributed by atoms with Crippen molar-refractivity contribution in [3.05, 3.63) is 34.9 Å². The van der Waals surface area contributed by atoms with Crippen LogP contribution in [0.3, 0.4) is 0 Å². The van der Waals surface area contributed by atoms with Crippen LogP contribution in [0.2, 0.25) is 0 Å². The van der Waals surface area contributed by atoms with E-state index in [1.165, 1.54) is 11.1 Å². The summed E-state index contributed by atoms with van der Waals surface area (Å²) in [6.07, 6.45) is -3.74. The second-order valence-corrected chi connectivity index (χ2v) is 5.14. The molecule has 0 spiro atoms. The molecule has 5 heteroatoms. The van der Waals surface area contributed by atoms with Crippen molar-refractivity contribution < 1.29 is 13.2 Å². The molecule has 1 heterocycles. The van der Waals surface area contributed by atoms with Gasteiger partial charge in [0.2, 0.25) is 0 Å². The van der Waals surface area contributed by atoms with Crippen LogP contribution in [-0.2, 0) is 19.6 Å². The van der Waals surface area contributed by atoms with Gasteiger partial charge < -0.3 is 5.32 Å². The van der Waals surface area contributed by atoms with E-state index in [0.29, 0.717) is 0 Å². The molecular formula is C13H15F3N2. The lowest BCUT2D eigenvalue weighted by Crippen LogP contribution is -2.44. The molecule has 1 aliphatic heterocycles. The van der Waals surface area contributed by atoms with Crippen LogP contribution < -0.4 is 10.6 Å². The molecule has 98 valence electrons. The molecular weight excluding hydrogens is 241 g/mol. The SMILES string of the molecule is FC(F)(F)C1(NCc2ccc3c(c2)CNC3)CC1. The fourth-order valence-electron chi connectivity index (χ4n) is 2.41. The van der Waals surface area contributed by atoms with Gasteiger partial charge in [0.05, 0.1) is 0 Å². The highest BCUT2D eigenvalue weighted by molar-refractivity contribution is 5.34. The van der Waals surface area contributed by atoms with Gasteiger partial charge in [-0.15, -0.1) is 0 Å². The highest BCUT2D eigenvalue weighted by atomic mass is 19.4. The van der Waals surface area contributed by atoms with Gasteiger partial charge in [0.25, 0.3) is 0 Å². The second kappa shape index (κ2) is 3.96. The highest BCUT2D eigenvalue weighted by Gasteiger charge is 2.62. The molecule has 2 nitrogen and oxygen atoms in total. The minimum atomic E-state index is -4.13. The fraction of sp³-hybridized carbons (Fsp3) is 0.538. The summed E-state index contributed by atoms with van der Waals surface area (Å²) in [6.45, 7) is 1.95. The van der Waals surface area contributed by atoms with E-state index < -0.39 is 11.7 Å². The molecule has 18 heavy (non-hydrogen) atoms. The summed E-state index contributed by atoms with van der Waals surface area (Å²) in [4.78, 5) is 0. The predicted molar refractivity (Wildman–Crippen MR) is 61.8 cm³/mol. The van der Waals surface area contributed by atoms with Gasteiger partial charge >= 0.3 is 6.18 Å². The van der Waals surface area contributed by atoms with Crippen molar-refractivity contribution in [1.82, 2.24) is 10.6 Å². The first-order valence-corrected chi connectivity index (χ1v) is 6.13. The summed E-state index contributed by atoms with van der Waals surface area (Å²) >= 11 is 0. The zero-order chi connectivity index (χ0) is 12.8. The Kier molecular flexibility index (Phi) is 2.64. The monoisotopic (exact) mass is 256 g/mol. The van der Waals surface area contributed by atoms with Crippen molar-refractivity contribution in [3.8, 4) is 0 Å². The summed E-state index contributed by atoms with van der Waals surface area (Å²) in [7, 11) is 0. The molecule has 0 unspecified atom stereocenters. The summed E-state index contributed by atoms with van der Waals surface area (Å²) in [5.41, 5.74) is 1.75. The standard InChI is InChI=1S/C13H15F3N2/c14-13(15,16)12(3-4-12)18-6-9-1-2-10-7-17-8-11(10)5-9/h1-2,5,17-18H,3-4,6-8H2. The van der Waals surface area contributed by atoms with E-state index in [2.05, 4.69) is 10.6 Å². The quantitative estimate of drug-likeness (QED) is 0.868. The highest BCUT2D eigenvalue weighted by Crippen LogP contribution is 2.49. The molecule has 0 bridgehead atoms. The van der Waals surface area contributed by atoms with Crippen LogP contribution in [0.4, 0.5) is 13.2 Å². The maximum Gasteiger partial charge on any atom is 0.406 e. The van der Waals surface area contributed by atoms with E-state index in [-0.39, 0.29) is 19.4 Å². The third kappa shape index (κ3) is 2.01. The Morgan fingerprint density at radius 1 is 1.17 bits per heavy atom. The van der Waals surface area contributed by atoms with Crippen molar-refractivity contribution in [2.75, 3.05) is 0 Å². The van der Waals surface area contributed by atoms with Gasteiger partial charge in [-0.05, 0) is 29.5 Å². The Bertz CT molecular complexity index is 464. The predicted octanol–water partition coefficient (Wildman–Crippen LogP) is 2.47. The average molecular weight is 256 g/mol. The van der Waals surface area contributed by atoms with E-state index in [9.17, 15) is 13.2 Å². The Hall–Kier alpha value is -1.07. The molecule has 3 rings (SSSR count). The second-order valence-electron chi connectivity index (χ2n) is 5.14. The van der Waals surface area contributed by atoms with Gasteiger partial charge in [-0.2, -0.15) is 13.2 Å². The van der Waals surface area contributed by atoms with Crippen LogP contribution in [0.15, 0.2) is 18.2 Å². The van der Waals surface area contributed by atoms with Crippen LogP contribution in [0, 0.1) is 0 Å².